The molecule has 20 heavy (non-hydrogen) atoms. The smallest absolute Gasteiger partial charge is 0.142 e. The van der Waals surface area contributed by atoms with E-state index in [1.54, 1.807) is 13.3 Å². The molecule has 1 unspecified atom stereocenters. The quantitative estimate of drug-likeness (QED) is 0.659. The fraction of sp³-hybridized carbons (Fsp3) is 0.312. The maximum Gasteiger partial charge on any atom is 0.142 e. The molecule has 0 aliphatic heterocycles. The Morgan fingerprint density at radius 2 is 2.10 bits per heavy atom. The molecule has 1 heterocycles. The van der Waals surface area contributed by atoms with Crippen molar-refractivity contribution >= 4 is 0 Å². The standard InChI is InChI=1S/C16H19N3O/c1-20-14-6-3-9-18-16(14)15(19-17)13-8-7-11-4-2-5-12(11)10-13/h3,6-10,15,19H,2,4-5,17H2,1H3. The first-order valence-electron chi connectivity index (χ1n) is 6.90. The Hall–Kier alpha value is -1.91. The van der Waals surface area contributed by atoms with E-state index in [1.165, 1.54) is 24.0 Å². The van der Waals surface area contributed by atoms with Crippen molar-refractivity contribution in [3.63, 3.8) is 0 Å². The van der Waals surface area contributed by atoms with E-state index in [1.807, 2.05) is 12.1 Å². The molecule has 1 aromatic heterocycles. The summed E-state index contributed by atoms with van der Waals surface area (Å²) in [6.45, 7) is 0. The van der Waals surface area contributed by atoms with Crippen molar-refractivity contribution in [2.75, 3.05) is 7.11 Å². The van der Waals surface area contributed by atoms with E-state index in [9.17, 15) is 0 Å². The molecule has 1 aromatic carbocycles. The average Bonchev–Trinajstić information content (AvgIpc) is 2.96. The largest absolute Gasteiger partial charge is 0.495 e. The second-order valence-electron chi connectivity index (χ2n) is 5.07. The van der Waals surface area contributed by atoms with Gasteiger partial charge in [-0.25, -0.2) is 5.43 Å². The Morgan fingerprint density at radius 1 is 1.25 bits per heavy atom. The number of aryl methyl sites for hydroxylation is 2. The maximum atomic E-state index is 5.76. The number of nitrogens with zero attached hydrogens (tertiary/aromatic N) is 1. The van der Waals surface area contributed by atoms with Crippen LogP contribution in [0.25, 0.3) is 0 Å². The second-order valence-corrected chi connectivity index (χ2v) is 5.07. The summed E-state index contributed by atoms with van der Waals surface area (Å²) in [5, 5.41) is 0. The molecule has 0 saturated heterocycles. The lowest BCUT2D eigenvalue weighted by Gasteiger charge is -2.19. The fourth-order valence-electron chi connectivity index (χ4n) is 2.90. The zero-order valence-corrected chi connectivity index (χ0v) is 11.6. The lowest BCUT2D eigenvalue weighted by atomic mass is 9.98. The second kappa shape index (κ2) is 5.61. The fourth-order valence-corrected chi connectivity index (χ4v) is 2.90. The van der Waals surface area contributed by atoms with Gasteiger partial charge in [0, 0.05) is 6.20 Å². The van der Waals surface area contributed by atoms with Crippen LogP contribution in [0.3, 0.4) is 0 Å². The van der Waals surface area contributed by atoms with Gasteiger partial charge in [-0.1, -0.05) is 18.2 Å². The third-order valence-electron chi connectivity index (χ3n) is 3.92. The van der Waals surface area contributed by atoms with Crippen LogP contribution in [0, 0.1) is 0 Å². The monoisotopic (exact) mass is 269 g/mol. The Kier molecular flexibility index (Phi) is 3.67. The highest BCUT2D eigenvalue weighted by molar-refractivity contribution is 5.41. The number of hydrazine groups is 1. The van der Waals surface area contributed by atoms with Gasteiger partial charge in [-0.15, -0.1) is 0 Å². The van der Waals surface area contributed by atoms with Crippen molar-refractivity contribution in [3.05, 3.63) is 58.9 Å². The lowest BCUT2D eigenvalue weighted by Crippen LogP contribution is -2.30. The SMILES string of the molecule is COc1cccnc1C(NN)c1ccc2c(c1)CCC2. The number of methoxy groups -OCH3 is 1. The van der Waals surface area contributed by atoms with Crippen molar-refractivity contribution in [1.82, 2.24) is 10.4 Å². The zero-order valence-electron chi connectivity index (χ0n) is 11.6. The van der Waals surface area contributed by atoms with Crippen molar-refractivity contribution in [2.45, 2.75) is 25.3 Å². The first-order chi connectivity index (χ1) is 9.83. The van der Waals surface area contributed by atoms with Gasteiger partial charge in [0.25, 0.3) is 0 Å². The predicted molar refractivity (Wildman–Crippen MR) is 78.4 cm³/mol. The molecule has 1 aliphatic carbocycles. The minimum absolute atomic E-state index is 0.156. The third kappa shape index (κ3) is 2.28. The van der Waals surface area contributed by atoms with Crippen molar-refractivity contribution < 1.29 is 4.74 Å². The number of nitrogens with one attached hydrogen (secondary N) is 1. The number of rotatable bonds is 4. The van der Waals surface area contributed by atoms with Crippen LogP contribution in [0.15, 0.2) is 36.5 Å². The summed E-state index contributed by atoms with van der Waals surface area (Å²) in [7, 11) is 1.65. The van der Waals surface area contributed by atoms with E-state index in [2.05, 4.69) is 28.6 Å². The van der Waals surface area contributed by atoms with Gasteiger partial charge in [-0.3, -0.25) is 10.8 Å². The maximum absolute atomic E-state index is 5.76. The molecule has 1 atom stereocenters. The number of nitrogens with two attached hydrogens (primary N) is 1. The summed E-state index contributed by atoms with van der Waals surface area (Å²) in [4.78, 5) is 4.42. The molecule has 4 nitrogen and oxygen atoms in total. The third-order valence-corrected chi connectivity index (χ3v) is 3.92. The summed E-state index contributed by atoms with van der Waals surface area (Å²) < 4.78 is 5.38. The van der Waals surface area contributed by atoms with E-state index in [0.29, 0.717) is 0 Å². The van der Waals surface area contributed by atoms with Crippen LogP contribution in [0.2, 0.25) is 0 Å². The molecule has 0 bridgehead atoms. The zero-order chi connectivity index (χ0) is 13.9. The molecule has 3 rings (SSSR count). The molecular formula is C16H19N3O. The molecular weight excluding hydrogens is 250 g/mol. The van der Waals surface area contributed by atoms with Crippen molar-refractivity contribution in [3.8, 4) is 5.75 Å². The summed E-state index contributed by atoms with van der Waals surface area (Å²) in [5.41, 5.74) is 7.69. The molecule has 0 fully saturated rings. The Bertz CT molecular complexity index is 612. The van der Waals surface area contributed by atoms with Crippen LogP contribution in [0.4, 0.5) is 0 Å². The van der Waals surface area contributed by atoms with Gasteiger partial charge in [0.1, 0.15) is 11.4 Å². The van der Waals surface area contributed by atoms with Crippen molar-refractivity contribution in [1.29, 1.82) is 0 Å². The van der Waals surface area contributed by atoms with Crippen LogP contribution in [0.1, 0.15) is 34.8 Å². The topological polar surface area (TPSA) is 60.2 Å². The van der Waals surface area contributed by atoms with E-state index in [0.717, 1.165) is 23.4 Å². The van der Waals surface area contributed by atoms with E-state index in [-0.39, 0.29) is 6.04 Å². The number of hydrogen-bond donors (Lipinski definition) is 2. The normalized spacial score (nSPS) is 14.9. The van der Waals surface area contributed by atoms with E-state index in [4.69, 9.17) is 10.6 Å². The van der Waals surface area contributed by atoms with Gasteiger partial charge < -0.3 is 4.74 Å². The van der Waals surface area contributed by atoms with Crippen LogP contribution in [0.5, 0.6) is 5.75 Å². The highest BCUT2D eigenvalue weighted by atomic mass is 16.5. The minimum atomic E-state index is -0.156. The summed E-state index contributed by atoms with van der Waals surface area (Å²) in [6.07, 6.45) is 5.34. The van der Waals surface area contributed by atoms with Crippen LogP contribution in [-0.4, -0.2) is 12.1 Å². The number of benzene rings is 1. The van der Waals surface area contributed by atoms with Gasteiger partial charge in [-0.05, 0) is 48.1 Å². The number of hydrogen-bond acceptors (Lipinski definition) is 4. The Balaban J connectivity index is 2.01. The predicted octanol–water partition coefficient (Wildman–Crippen LogP) is 2.13. The highest BCUT2D eigenvalue weighted by Gasteiger charge is 2.20. The minimum Gasteiger partial charge on any atom is -0.495 e. The number of ether oxygens (including phenoxy) is 1. The number of aromatic nitrogens is 1. The molecule has 0 radical (unpaired) electrons. The van der Waals surface area contributed by atoms with Gasteiger partial charge in [-0.2, -0.15) is 0 Å². The molecule has 4 heteroatoms. The highest BCUT2D eigenvalue weighted by Crippen LogP contribution is 2.30. The van der Waals surface area contributed by atoms with Crippen LogP contribution in [-0.2, 0) is 12.8 Å². The van der Waals surface area contributed by atoms with Gasteiger partial charge in [0.2, 0.25) is 0 Å². The lowest BCUT2D eigenvalue weighted by molar-refractivity contribution is 0.400. The molecule has 1 aliphatic rings. The van der Waals surface area contributed by atoms with Gasteiger partial charge >= 0.3 is 0 Å². The van der Waals surface area contributed by atoms with Crippen molar-refractivity contribution in [2.24, 2.45) is 5.84 Å². The summed E-state index contributed by atoms with van der Waals surface area (Å²) in [6, 6.07) is 10.2. The first-order valence-corrected chi connectivity index (χ1v) is 6.90. The van der Waals surface area contributed by atoms with E-state index >= 15 is 0 Å². The summed E-state index contributed by atoms with van der Waals surface area (Å²) >= 11 is 0. The Morgan fingerprint density at radius 3 is 2.90 bits per heavy atom. The van der Waals surface area contributed by atoms with Crippen LogP contribution < -0.4 is 16.0 Å². The Labute approximate surface area is 119 Å². The molecule has 0 saturated carbocycles. The molecule has 0 spiro atoms. The molecule has 2 aromatic rings. The van der Waals surface area contributed by atoms with Gasteiger partial charge in [0.15, 0.2) is 0 Å². The van der Waals surface area contributed by atoms with Gasteiger partial charge in [0.05, 0.1) is 13.2 Å². The number of fused-ring (bicyclic) bond motifs is 1. The van der Waals surface area contributed by atoms with E-state index < -0.39 is 0 Å². The van der Waals surface area contributed by atoms with Crippen LogP contribution >= 0.6 is 0 Å². The molecule has 0 amide bonds. The molecule has 104 valence electrons. The molecule has 3 N–H and O–H groups in total. The average molecular weight is 269 g/mol. The first kappa shape index (κ1) is 13.1. The summed E-state index contributed by atoms with van der Waals surface area (Å²) in [5.74, 6) is 6.51. The number of pyridine rings is 1.